The van der Waals surface area contributed by atoms with E-state index in [2.05, 4.69) is 29.7 Å². The van der Waals surface area contributed by atoms with Crippen LogP contribution >= 0.6 is 0 Å². The van der Waals surface area contributed by atoms with Crippen molar-refractivity contribution in [3.05, 3.63) is 35.9 Å². The Labute approximate surface area is 120 Å². The second kappa shape index (κ2) is 6.22. The monoisotopic (exact) mass is 276 g/mol. The Morgan fingerprint density at radius 3 is 2.60 bits per heavy atom. The first-order chi connectivity index (χ1) is 9.83. The van der Waals surface area contributed by atoms with Gasteiger partial charge in [-0.2, -0.15) is 0 Å². The summed E-state index contributed by atoms with van der Waals surface area (Å²) >= 11 is 0. The normalized spacial score (nSPS) is 27.4. The summed E-state index contributed by atoms with van der Waals surface area (Å²) in [5, 5.41) is 0. The van der Waals surface area contributed by atoms with Crippen molar-refractivity contribution in [2.45, 2.75) is 37.3 Å². The lowest BCUT2D eigenvalue weighted by Gasteiger charge is -2.45. The quantitative estimate of drug-likeness (QED) is 0.656. The minimum absolute atomic E-state index is 0.0189. The minimum atomic E-state index is 0.0189. The summed E-state index contributed by atoms with van der Waals surface area (Å²) in [5.41, 5.74) is 4.31. The highest BCUT2D eigenvalue weighted by Crippen LogP contribution is 2.41. The summed E-state index contributed by atoms with van der Waals surface area (Å²) in [5.74, 6) is 6.36. The predicted octanol–water partition coefficient (Wildman–Crippen LogP) is 2.17. The van der Waals surface area contributed by atoms with Crippen molar-refractivity contribution in [3.8, 4) is 0 Å². The standard InChI is InChI=1S/C16H24N2O2/c17-18-15(13-4-2-1-3-5-13)14-6-9-20-16(12-14)7-10-19-11-8-16/h1-5,14-15,18H,6-12,17H2. The Balaban J connectivity index is 1.75. The van der Waals surface area contributed by atoms with Crippen LogP contribution in [-0.4, -0.2) is 25.4 Å². The molecule has 4 heteroatoms. The van der Waals surface area contributed by atoms with E-state index >= 15 is 0 Å². The van der Waals surface area contributed by atoms with E-state index in [1.54, 1.807) is 0 Å². The number of benzene rings is 1. The highest BCUT2D eigenvalue weighted by Gasteiger charge is 2.41. The van der Waals surface area contributed by atoms with Crippen molar-refractivity contribution < 1.29 is 9.47 Å². The van der Waals surface area contributed by atoms with Crippen LogP contribution in [-0.2, 0) is 9.47 Å². The first kappa shape index (κ1) is 14.0. The van der Waals surface area contributed by atoms with Crippen LogP contribution in [0.5, 0.6) is 0 Å². The minimum Gasteiger partial charge on any atom is -0.381 e. The fourth-order valence-electron chi connectivity index (χ4n) is 3.61. The Kier molecular flexibility index (Phi) is 4.36. The van der Waals surface area contributed by atoms with Gasteiger partial charge in [0.2, 0.25) is 0 Å². The summed E-state index contributed by atoms with van der Waals surface area (Å²) < 4.78 is 11.6. The smallest absolute Gasteiger partial charge is 0.0729 e. The SMILES string of the molecule is NNC(c1ccccc1)C1CCOC2(CCOCC2)C1. The predicted molar refractivity (Wildman–Crippen MR) is 78.0 cm³/mol. The highest BCUT2D eigenvalue weighted by molar-refractivity contribution is 5.20. The van der Waals surface area contributed by atoms with E-state index in [-0.39, 0.29) is 11.6 Å². The second-order valence-corrected chi connectivity index (χ2v) is 5.95. The van der Waals surface area contributed by atoms with Gasteiger partial charge in [-0.25, -0.2) is 0 Å². The van der Waals surface area contributed by atoms with E-state index in [0.29, 0.717) is 5.92 Å². The maximum Gasteiger partial charge on any atom is 0.0729 e. The zero-order valence-corrected chi connectivity index (χ0v) is 11.9. The van der Waals surface area contributed by atoms with Crippen molar-refractivity contribution >= 4 is 0 Å². The molecule has 20 heavy (non-hydrogen) atoms. The summed E-state index contributed by atoms with van der Waals surface area (Å²) in [4.78, 5) is 0. The first-order valence-electron chi connectivity index (χ1n) is 7.56. The average molecular weight is 276 g/mol. The van der Waals surface area contributed by atoms with Crippen molar-refractivity contribution in [3.63, 3.8) is 0 Å². The van der Waals surface area contributed by atoms with E-state index in [4.69, 9.17) is 15.3 Å². The lowest BCUT2D eigenvalue weighted by Crippen LogP contribution is -2.47. The van der Waals surface area contributed by atoms with Gasteiger partial charge in [0, 0.05) is 25.9 Å². The van der Waals surface area contributed by atoms with Gasteiger partial charge in [-0.3, -0.25) is 11.3 Å². The number of hydrazine groups is 1. The number of rotatable bonds is 3. The molecule has 2 aliphatic heterocycles. The molecular weight excluding hydrogens is 252 g/mol. The molecule has 2 heterocycles. The van der Waals surface area contributed by atoms with Gasteiger partial charge in [0.25, 0.3) is 0 Å². The Hall–Kier alpha value is -0.940. The number of nitrogens with one attached hydrogen (secondary N) is 1. The Morgan fingerprint density at radius 1 is 1.15 bits per heavy atom. The van der Waals surface area contributed by atoms with Gasteiger partial charge in [0.05, 0.1) is 5.60 Å². The van der Waals surface area contributed by atoms with E-state index in [9.17, 15) is 0 Å². The van der Waals surface area contributed by atoms with Crippen molar-refractivity contribution in [1.82, 2.24) is 5.43 Å². The van der Waals surface area contributed by atoms with E-state index in [1.807, 2.05) is 6.07 Å². The van der Waals surface area contributed by atoms with Gasteiger partial charge in [-0.15, -0.1) is 0 Å². The van der Waals surface area contributed by atoms with Gasteiger partial charge in [-0.05, 0) is 37.2 Å². The molecule has 2 saturated heterocycles. The molecule has 2 atom stereocenters. The molecule has 2 aliphatic rings. The largest absolute Gasteiger partial charge is 0.381 e. The van der Waals surface area contributed by atoms with Gasteiger partial charge in [0.15, 0.2) is 0 Å². The molecule has 2 unspecified atom stereocenters. The molecule has 3 N–H and O–H groups in total. The van der Waals surface area contributed by atoms with E-state index in [0.717, 1.165) is 45.5 Å². The van der Waals surface area contributed by atoms with Crippen LogP contribution in [0.15, 0.2) is 30.3 Å². The number of nitrogens with two attached hydrogens (primary N) is 1. The molecule has 3 rings (SSSR count). The van der Waals surface area contributed by atoms with Crippen molar-refractivity contribution in [2.75, 3.05) is 19.8 Å². The molecule has 1 spiro atoms. The molecule has 4 nitrogen and oxygen atoms in total. The first-order valence-corrected chi connectivity index (χ1v) is 7.56. The van der Waals surface area contributed by atoms with Crippen LogP contribution < -0.4 is 11.3 Å². The Morgan fingerprint density at radius 2 is 1.90 bits per heavy atom. The van der Waals surface area contributed by atoms with Crippen LogP contribution in [0, 0.1) is 5.92 Å². The third-order valence-electron chi connectivity index (χ3n) is 4.74. The zero-order chi connectivity index (χ0) is 13.8. The topological polar surface area (TPSA) is 56.5 Å². The molecule has 0 radical (unpaired) electrons. The summed E-state index contributed by atoms with van der Waals surface area (Å²) in [7, 11) is 0. The molecule has 0 saturated carbocycles. The van der Waals surface area contributed by atoms with Gasteiger partial charge in [0.1, 0.15) is 0 Å². The number of hydrogen-bond acceptors (Lipinski definition) is 4. The fourth-order valence-corrected chi connectivity index (χ4v) is 3.61. The van der Waals surface area contributed by atoms with Crippen LogP contribution in [0.4, 0.5) is 0 Å². The van der Waals surface area contributed by atoms with Crippen LogP contribution in [0.25, 0.3) is 0 Å². The van der Waals surface area contributed by atoms with Crippen molar-refractivity contribution in [1.29, 1.82) is 0 Å². The number of hydrogen-bond donors (Lipinski definition) is 2. The molecule has 0 aromatic heterocycles. The second-order valence-electron chi connectivity index (χ2n) is 5.95. The van der Waals surface area contributed by atoms with Crippen LogP contribution in [0.2, 0.25) is 0 Å². The van der Waals surface area contributed by atoms with Crippen molar-refractivity contribution in [2.24, 2.45) is 11.8 Å². The van der Waals surface area contributed by atoms with Crippen LogP contribution in [0.3, 0.4) is 0 Å². The summed E-state index contributed by atoms with van der Waals surface area (Å²) in [6, 6.07) is 10.7. The molecule has 1 aromatic rings. The van der Waals surface area contributed by atoms with Crippen LogP contribution in [0.1, 0.15) is 37.3 Å². The summed E-state index contributed by atoms with van der Waals surface area (Å²) in [6.45, 7) is 2.47. The zero-order valence-electron chi connectivity index (χ0n) is 11.9. The third kappa shape index (κ3) is 2.88. The molecule has 0 bridgehead atoms. The van der Waals surface area contributed by atoms with Gasteiger partial charge < -0.3 is 9.47 Å². The highest BCUT2D eigenvalue weighted by atomic mass is 16.5. The third-order valence-corrected chi connectivity index (χ3v) is 4.74. The summed E-state index contributed by atoms with van der Waals surface area (Å²) in [6.07, 6.45) is 4.15. The Bertz CT molecular complexity index is 412. The number of ether oxygens (including phenoxy) is 2. The van der Waals surface area contributed by atoms with E-state index in [1.165, 1.54) is 5.56 Å². The maximum atomic E-state index is 6.12. The molecule has 1 aromatic carbocycles. The molecule has 2 fully saturated rings. The maximum absolute atomic E-state index is 6.12. The molecule has 0 amide bonds. The molecular formula is C16H24N2O2. The lowest BCUT2D eigenvalue weighted by molar-refractivity contribution is -0.150. The fraction of sp³-hybridized carbons (Fsp3) is 0.625. The van der Waals surface area contributed by atoms with Gasteiger partial charge in [-0.1, -0.05) is 30.3 Å². The van der Waals surface area contributed by atoms with E-state index < -0.39 is 0 Å². The lowest BCUT2D eigenvalue weighted by atomic mass is 9.76. The molecule has 0 aliphatic carbocycles. The molecule has 110 valence electrons. The average Bonchev–Trinajstić information content (AvgIpc) is 2.50. The van der Waals surface area contributed by atoms with Gasteiger partial charge >= 0.3 is 0 Å².